The molecule has 2 aromatic rings. The zero-order valence-electron chi connectivity index (χ0n) is 13.9. The highest BCUT2D eigenvalue weighted by Crippen LogP contribution is 2.36. The fraction of sp³-hybridized carbons (Fsp3) is 0.278. The van der Waals surface area contributed by atoms with Crippen molar-refractivity contribution in [1.29, 1.82) is 0 Å². The van der Waals surface area contributed by atoms with Crippen LogP contribution in [0.1, 0.15) is 5.56 Å². The lowest BCUT2D eigenvalue weighted by Crippen LogP contribution is -2.18. The monoisotopic (exact) mass is 461 g/mol. The zero-order chi connectivity index (χ0) is 19.4. The fourth-order valence-corrected chi connectivity index (χ4v) is 3.70. The largest absolute Gasteiger partial charge is 0.486 e. The van der Waals surface area contributed by atoms with Gasteiger partial charge < -0.3 is 14.8 Å². The Morgan fingerprint density at radius 2 is 1.81 bits per heavy atom. The highest BCUT2D eigenvalue weighted by Gasteiger charge is 2.27. The summed E-state index contributed by atoms with van der Waals surface area (Å²) in [6, 6.07) is 9.88. The van der Waals surface area contributed by atoms with Gasteiger partial charge in [0.15, 0.2) is 11.5 Å². The molecule has 0 aromatic heterocycles. The third kappa shape index (κ3) is 5.55. The molecule has 1 N–H and O–H groups in total. The van der Waals surface area contributed by atoms with E-state index in [-0.39, 0.29) is 12.3 Å². The van der Waals surface area contributed by atoms with Crippen LogP contribution in [-0.2, 0) is 11.2 Å². The minimum absolute atomic E-state index is 0.0372. The number of rotatable bonds is 5. The van der Waals surface area contributed by atoms with Crippen LogP contribution in [0.25, 0.3) is 0 Å². The number of hydrogen-bond donors (Lipinski definition) is 1. The molecule has 2 aromatic carbocycles. The quantitative estimate of drug-likeness (QED) is 0.632. The second-order valence-electron chi connectivity index (χ2n) is 5.71. The molecule has 9 heteroatoms. The summed E-state index contributed by atoms with van der Waals surface area (Å²) in [7, 11) is 0. The molecule has 3 rings (SSSR count). The molecule has 1 aliphatic rings. The maximum Gasteiger partial charge on any atom is 0.398 e. The first kappa shape index (κ1) is 19.9. The maximum atomic E-state index is 12.5. The molecule has 4 nitrogen and oxygen atoms in total. The van der Waals surface area contributed by atoms with Crippen molar-refractivity contribution in [2.75, 3.05) is 24.3 Å². The topological polar surface area (TPSA) is 47.6 Å². The SMILES string of the molecule is O=C(Cc1cc2c(cc1Br)OCCO2)Nc1ccccc1SCC(F)(F)F. The molecule has 0 fully saturated rings. The molecule has 1 amide bonds. The molecule has 0 spiro atoms. The second kappa shape index (κ2) is 8.43. The Hall–Kier alpha value is -1.87. The summed E-state index contributed by atoms with van der Waals surface area (Å²) >= 11 is 4.04. The van der Waals surface area contributed by atoms with E-state index in [9.17, 15) is 18.0 Å². The zero-order valence-corrected chi connectivity index (χ0v) is 16.3. The van der Waals surface area contributed by atoms with E-state index in [1.807, 2.05) is 0 Å². The Morgan fingerprint density at radius 1 is 1.15 bits per heavy atom. The lowest BCUT2D eigenvalue weighted by atomic mass is 10.1. The van der Waals surface area contributed by atoms with Gasteiger partial charge in [0.2, 0.25) is 5.91 Å². The van der Waals surface area contributed by atoms with Crippen LogP contribution >= 0.6 is 27.7 Å². The van der Waals surface area contributed by atoms with Crippen LogP contribution in [0, 0.1) is 0 Å². The van der Waals surface area contributed by atoms with Crippen molar-refractivity contribution < 1.29 is 27.4 Å². The van der Waals surface area contributed by atoms with Gasteiger partial charge in [-0.3, -0.25) is 4.79 Å². The number of amides is 1. The van der Waals surface area contributed by atoms with Gasteiger partial charge in [0.1, 0.15) is 13.2 Å². The highest BCUT2D eigenvalue weighted by molar-refractivity contribution is 9.10. The van der Waals surface area contributed by atoms with E-state index in [1.165, 1.54) is 0 Å². The third-order valence-corrected chi connectivity index (χ3v) is 5.49. The molecule has 0 radical (unpaired) electrons. The van der Waals surface area contributed by atoms with Gasteiger partial charge in [0.05, 0.1) is 17.9 Å². The maximum absolute atomic E-state index is 12.5. The lowest BCUT2D eigenvalue weighted by molar-refractivity contribution is -0.115. The molecule has 0 bridgehead atoms. The number of para-hydroxylation sites is 1. The molecule has 1 heterocycles. The Kier molecular flexibility index (Phi) is 6.21. The van der Waals surface area contributed by atoms with Crippen LogP contribution in [0.15, 0.2) is 45.8 Å². The van der Waals surface area contributed by atoms with E-state index in [0.29, 0.717) is 57.1 Å². The van der Waals surface area contributed by atoms with Crippen LogP contribution in [0.4, 0.5) is 18.9 Å². The van der Waals surface area contributed by atoms with Gasteiger partial charge in [0, 0.05) is 9.37 Å². The lowest BCUT2D eigenvalue weighted by Gasteiger charge is -2.20. The van der Waals surface area contributed by atoms with Crippen molar-refractivity contribution >= 4 is 39.3 Å². The van der Waals surface area contributed by atoms with Crippen molar-refractivity contribution in [3.05, 3.63) is 46.4 Å². The number of carbonyl (C=O) groups excluding carboxylic acids is 1. The minimum atomic E-state index is -4.28. The Bertz CT molecular complexity index is 845. The number of fused-ring (bicyclic) bond motifs is 1. The average molecular weight is 462 g/mol. The summed E-state index contributed by atoms with van der Waals surface area (Å²) in [5.74, 6) is -0.194. The second-order valence-corrected chi connectivity index (χ2v) is 7.58. The van der Waals surface area contributed by atoms with Crippen molar-refractivity contribution in [3.63, 3.8) is 0 Å². The summed E-state index contributed by atoms with van der Waals surface area (Å²) in [6.45, 7) is 0.899. The third-order valence-electron chi connectivity index (χ3n) is 3.61. The standard InChI is InChI=1S/C18H15BrF3NO3S/c19-12-9-15-14(25-5-6-26-15)7-11(12)8-17(24)23-13-3-1-2-4-16(13)27-10-18(20,21)22/h1-4,7,9H,5-6,8,10H2,(H,23,24). The summed E-state index contributed by atoms with van der Waals surface area (Å²) in [5, 5.41) is 2.68. The first-order valence-corrected chi connectivity index (χ1v) is 9.76. The van der Waals surface area contributed by atoms with Gasteiger partial charge >= 0.3 is 6.18 Å². The number of alkyl halides is 3. The van der Waals surface area contributed by atoms with Crippen LogP contribution < -0.4 is 14.8 Å². The van der Waals surface area contributed by atoms with Gasteiger partial charge in [-0.1, -0.05) is 28.1 Å². The molecule has 27 heavy (non-hydrogen) atoms. The number of hydrogen-bond acceptors (Lipinski definition) is 4. The Labute approximate surface area is 166 Å². The van der Waals surface area contributed by atoms with Gasteiger partial charge in [-0.25, -0.2) is 0 Å². The minimum Gasteiger partial charge on any atom is -0.486 e. The summed E-state index contributed by atoms with van der Waals surface area (Å²) in [6.07, 6.45) is -4.24. The van der Waals surface area contributed by atoms with E-state index >= 15 is 0 Å². The molecule has 0 unspecified atom stereocenters. The van der Waals surface area contributed by atoms with Gasteiger partial charge in [-0.05, 0) is 29.8 Å². The predicted octanol–water partition coefficient (Wildman–Crippen LogP) is 5.06. The first-order chi connectivity index (χ1) is 12.8. The Balaban J connectivity index is 1.70. The number of benzene rings is 2. The number of thioether (sulfide) groups is 1. The van der Waals surface area contributed by atoms with E-state index < -0.39 is 11.9 Å². The van der Waals surface area contributed by atoms with Crippen molar-refractivity contribution in [3.8, 4) is 11.5 Å². The number of carbonyl (C=O) groups is 1. The predicted molar refractivity (Wildman–Crippen MR) is 101 cm³/mol. The molecule has 0 atom stereocenters. The van der Waals surface area contributed by atoms with E-state index in [0.717, 1.165) is 0 Å². The molecule has 144 valence electrons. The van der Waals surface area contributed by atoms with E-state index in [1.54, 1.807) is 36.4 Å². The molecular formula is C18H15BrF3NO3S. The van der Waals surface area contributed by atoms with Crippen molar-refractivity contribution in [2.24, 2.45) is 0 Å². The molecule has 0 saturated carbocycles. The number of ether oxygens (including phenoxy) is 2. The number of halogens is 4. The molecular weight excluding hydrogens is 447 g/mol. The summed E-state index contributed by atoms with van der Waals surface area (Å²) < 4.78 is 49.1. The van der Waals surface area contributed by atoms with Gasteiger partial charge in [-0.2, -0.15) is 13.2 Å². The van der Waals surface area contributed by atoms with Crippen molar-refractivity contribution in [2.45, 2.75) is 17.5 Å². The number of anilines is 1. The first-order valence-electron chi connectivity index (χ1n) is 7.98. The van der Waals surface area contributed by atoms with Crippen LogP contribution in [0.5, 0.6) is 11.5 Å². The number of nitrogens with one attached hydrogen (secondary N) is 1. The van der Waals surface area contributed by atoms with E-state index in [2.05, 4.69) is 21.2 Å². The summed E-state index contributed by atoms with van der Waals surface area (Å²) in [4.78, 5) is 12.8. The van der Waals surface area contributed by atoms with Crippen LogP contribution in [0.2, 0.25) is 0 Å². The fourth-order valence-electron chi connectivity index (χ4n) is 2.46. The smallest absolute Gasteiger partial charge is 0.398 e. The average Bonchev–Trinajstić information content (AvgIpc) is 2.61. The van der Waals surface area contributed by atoms with Gasteiger partial charge in [-0.15, -0.1) is 11.8 Å². The summed E-state index contributed by atoms with van der Waals surface area (Å²) in [5.41, 5.74) is 1.04. The van der Waals surface area contributed by atoms with E-state index in [4.69, 9.17) is 9.47 Å². The van der Waals surface area contributed by atoms with Crippen LogP contribution in [0.3, 0.4) is 0 Å². The van der Waals surface area contributed by atoms with Crippen molar-refractivity contribution in [1.82, 2.24) is 0 Å². The van der Waals surface area contributed by atoms with Gasteiger partial charge in [0.25, 0.3) is 0 Å². The van der Waals surface area contributed by atoms with Crippen LogP contribution in [-0.4, -0.2) is 31.1 Å². The molecule has 0 aliphatic carbocycles. The highest BCUT2D eigenvalue weighted by atomic mass is 79.9. The normalized spacial score (nSPS) is 13.3. The Morgan fingerprint density at radius 3 is 2.52 bits per heavy atom. The molecule has 1 aliphatic heterocycles. The molecule has 0 saturated heterocycles.